The lowest BCUT2D eigenvalue weighted by molar-refractivity contribution is 0.765. The van der Waals surface area contributed by atoms with Crippen LogP contribution in [0.2, 0.25) is 5.02 Å². The molecule has 0 atom stereocenters. The minimum atomic E-state index is -0.297. The number of nitrogens with zero attached hydrogens (tertiary/aromatic N) is 2. The van der Waals surface area contributed by atoms with Gasteiger partial charge in [0.15, 0.2) is 0 Å². The van der Waals surface area contributed by atoms with Gasteiger partial charge >= 0.3 is 0 Å². The Morgan fingerprint density at radius 2 is 1.78 bits per heavy atom. The molecule has 4 heteroatoms. The Labute approximate surface area is 139 Å². The molecular weight excluding hydrogens is 308 g/mol. The van der Waals surface area contributed by atoms with Crippen molar-refractivity contribution < 1.29 is 0 Å². The first-order valence-electron chi connectivity index (χ1n) is 7.13. The lowest BCUT2D eigenvalue weighted by Crippen LogP contribution is -2.24. The quantitative estimate of drug-likeness (QED) is 0.729. The number of aromatic nitrogens is 1. The van der Waals surface area contributed by atoms with Gasteiger partial charge in [-0.2, -0.15) is 5.26 Å². The van der Waals surface area contributed by atoms with E-state index in [-0.39, 0.29) is 11.1 Å². The predicted molar refractivity (Wildman–Crippen MR) is 91.4 cm³/mol. The molecule has 2 aromatic carbocycles. The largest absolute Gasteiger partial charge is 0.303 e. The van der Waals surface area contributed by atoms with Gasteiger partial charge in [0.2, 0.25) is 0 Å². The molecule has 0 saturated heterocycles. The second-order valence-corrected chi connectivity index (χ2v) is 5.57. The highest BCUT2D eigenvalue weighted by Crippen LogP contribution is 2.20. The fraction of sp³-hybridized carbons (Fsp3) is 0.0526. The summed E-state index contributed by atoms with van der Waals surface area (Å²) in [6.07, 6.45) is 0. The van der Waals surface area contributed by atoms with Crippen molar-refractivity contribution in [2.45, 2.75) is 6.54 Å². The fourth-order valence-electron chi connectivity index (χ4n) is 2.50. The van der Waals surface area contributed by atoms with Gasteiger partial charge in [0.25, 0.3) is 5.56 Å². The summed E-state index contributed by atoms with van der Waals surface area (Å²) in [6.45, 7) is 0.360. The number of hydrogen-bond acceptors (Lipinski definition) is 2. The van der Waals surface area contributed by atoms with Gasteiger partial charge in [0.1, 0.15) is 11.6 Å². The summed E-state index contributed by atoms with van der Waals surface area (Å²) in [5.41, 5.74) is 2.44. The summed E-state index contributed by atoms with van der Waals surface area (Å²) in [4.78, 5) is 12.6. The molecule has 0 saturated carbocycles. The summed E-state index contributed by atoms with van der Waals surface area (Å²) in [7, 11) is 0. The van der Waals surface area contributed by atoms with Crippen LogP contribution in [0.25, 0.3) is 11.3 Å². The molecule has 112 valence electrons. The van der Waals surface area contributed by atoms with Gasteiger partial charge in [-0.15, -0.1) is 0 Å². The van der Waals surface area contributed by atoms with Crippen LogP contribution >= 0.6 is 11.6 Å². The minimum absolute atomic E-state index is 0.131. The van der Waals surface area contributed by atoms with Crippen LogP contribution in [0, 0.1) is 11.3 Å². The molecule has 0 aliphatic rings. The van der Waals surface area contributed by atoms with Gasteiger partial charge in [0, 0.05) is 5.02 Å². The number of hydrogen-bond donors (Lipinski definition) is 0. The van der Waals surface area contributed by atoms with Crippen molar-refractivity contribution in [3.63, 3.8) is 0 Å². The molecule has 0 fully saturated rings. The SMILES string of the molecule is N#Cc1ccc(-c2ccccc2)n(Cc2cccc(Cl)c2)c1=O. The lowest BCUT2D eigenvalue weighted by Gasteiger charge is -2.14. The zero-order valence-electron chi connectivity index (χ0n) is 12.2. The summed E-state index contributed by atoms with van der Waals surface area (Å²) >= 11 is 6.03. The van der Waals surface area contributed by atoms with E-state index in [1.165, 1.54) is 0 Å². The molecule has 0 N–H and O–H groups in total. The van der Waals surface area contributed by atoms with E-state index < -0.39 is 0 Å². The van der Waals surface area contributed by atoms with E-state index in [0.29, 0.717) is 11.6 Å². The maximum Gasteiger partial charge on any atom is 0.269 e. The van der Waals surface area contributed by atoms with Gasteiger partial charge in [0.05, 0.1) is 12.2 Å². The standard InChI is InChI=1S/C19H13ClN2O/c20-17-8-4-5-14(11-17)13-22-18(15-6-2-1-3-7-15)10-9-16(12-21)19(22)23/h1-11H,13H2. The van der Waals surface area contributed by atoms with E-state index in [2.05, 4.69) is 0 Å². The molecule has 23 heavy (non-hydrogen) atoms. The summed E-state index contributed by atoms with van der Waals surface area (Å²) < 4.78 is 1.61. The second-order valence-electron chi connectivity index (χ2n) is 5.13. The molecule has 3 nitrogen and oxygen atoms in total. The Balaban J connectivity index is 2.17. The Hall–Kier alpha value is -2.83. The zero-order valence-corrected chi connectivity index (χ0v) is 13.0. The van der Waals surface area contributed by atoms with Crippen LogP contribution in [0.3, 0.4) is 0 Å². The number of nitriles is 1. The van der Waals surface area contributed by atoms with Crippen LogP contribution in [0.1, 0.15) is 11.1 Å². The Kier molecular flexibility index (Phi) is 4.27. The fourth-order valence-corrected chi connectivity index (χ4v) is 2.71. The molecule has 0 radical (unpaired) electrons. The van der Waals surface area contributed by atoms with E-state index in [1.54, 1.807) is 22.8 Å². The average Bonchev–Trinajstić information content (AvgIpc) is 2.57. The summed E-state index contributed by atoms with van der Waals surface area (Å²) in [5.74, 6) is 0. The van der Waals surface area contributed by atoms with Gasteiger partial charge < -0.3 is 4.57 Å². The number of rotatable bonds is 3. The van der Waals surface area contributed by atoms with Gasteiger partial charge in [-0.1, -0.05) is 54.1 Å². The highest BCUT2D eigenvalue weighted by atomic mass is 35.5. The number of halogens is 1. The van der Waals surface area contributed by atoms with Crippen molar-refractivity contribution in [1.82, 2.24) is 4.57 Å². The third kappa shape index (κ3) is 3.18. The van der Waals surface area contributed by atoms with E-state index in [4.69, 9.17) is 16.9 Å². The molecule has 1 aromatic heterocycles. The normalized spacial score (nSPS) is 10.3. The van der Waals surface area contributed by atoms with Crippen LogP contribution in [-0.4, -0.2) is 4.57 Å². The summed E-state index contributed by atoms with van der Waals surface area (Å²) in [6, 6.07) is 22.3. The van der Waals surface area contributed by atoms with E-state index in [9.17, 15) is 4.79 Å². The molecule has 0 unspecified atom stereocenters. The monoisotopic (exact) mass is 320 g/mol. The molecule has 3 aromatic rings. The molecule has 0 aliphatic carbocycles. The van der Waals surface area contributed by atoms with Crippen molar-refractivity contribution in [3.05, 3.63) is 93.2 Å². The average molecular weight is 321 g/mol. The van der Waals surface area contributed by atoms with Crippen molar-refractivity contribution in [1.29, 1.82) is 5.26 Å². The number of benzene rings is 2. The van der Waals surface area contributed by atoms with E-state index in [1.807, 2.05) is 54.6 Å². The maximum absolute atomic E-state index is 12.6. The Morgan fingerprint density at radius 1 is 1.00 bits per heavy atom. The van der Waals surface area contributed by atoms with Gasteiger partial charge in [-0.05, 0) is 35.4 Å². The van der Waals surface area contributed by atoms with Crippen LogP contribution in [0.4, 0.5) is 0 Å². The summed E-state index contributed by atoms with van der Waals surface area (Å²) in [5, 5.41) is 9.75. The Morgan fingerprint density at radius 3 is 2.48 bits per heavy atom. The van der Waals surface area contributed by atoms with Crippen molar-refractivity contribution >= 4 is 11.6 Å². The molecule has 0 aliphatic heterocycles. The maximum atomic E-state index is 12.6. The van der Waals surface area contributed by atoms with Crippen molar-refractivity contribution in [3.8, 4) is 17.3 Å². The van der Waals surface area contributed by atoms with Gasteiger partial charge in [-0.3, -0.25) is 4.79 Å². The topological polar surface area (TPSA) is 45.8 Å². The Bertz CT molecular complexity index is 940. The van der Waals surface area contributed by atoms with Crippen LogP contribution in [0.15, 0.2) is 71.5 Å². The molecule has 1 heterocycles. The number of pyridine rings is 1. The van der Waals surface area contributed by atoms with Crippen molar-refractivity contribution in [2.75, 3.05) is 0 Å². The van der Waals surface area contributed by atoms with Crippen molar-refractivity contribution in [2.24, 2.45) is 0 Å². The predicted octanol–water partition coefficient (Wildman–Crippen LogP) is 4.09. The third-order valence-corrected chi connectivity index (χ3v) is 3.83. The molecular formula is C19H13ClN2O. The molecule has 0 bridgehead atoms. The highest BCUT2D eigenvalue weighted by Gasteiger charge is 2.11. The highest BCUT2D eigenvalue weighted by molar-refractivity contribution is 6.30. The van der Waals surface area contributed by atoms with E-state index in [0.717, 1.165) is 16.8 Å². The van der Waals surface area contributed by atoms with Crippen LogP contribution < -0.4 is 5.56 Å². The zero-order chi connectivity index (χ0) is 16.2. The van der Waals surface area contributed by atoms with Gasteiger partial charge in [-0.25, -0.2) is 0 Å². The second kappa shape index (κ2) is 6.51. The van der Waals surface area contributed by atoms with Crippen LogP contribution in [0.5, 0.6) is 0 Å². The molecule has 0 amide bonds. The first-order chi connectivity index (χ1) is 11.2. The third-order valence-electron chi connectivity index (χ3n) is 3.59. The van der Waals surface area contributed by atoms with E-state index >= 15 is 0 Å². The molecule has 3 rings (SSSR count). The van der Waals surface area contributed by atoms with Crippen LogP contribution in [-0.2, 0) is 6.54 Å². The molecule has 0 spiro atoms. The lowest BCUT2D eigenvalue weighted by atomic mass is 10.1. The minimum Gasteiger partial charge on any atom is -0.303 e. The first-order valence-corrected chi connectivity index (χ1v) is 7.50. The smallest absolute Gasteiger partial charge is 0.269 e. The first kappa shape index (κ1) is 15.1.